The molecule has 1 fully saturated rings. The van der Waals surface area contributed by atoms with Crippen molar-refractivity contribution in [1.82, 2.24) is 4.90 Å². The maximum Gasteiger partial charge on any atom is 0.416 e. The third-order valence-electron chi connectivity index (χ3n) is 4.49. The van der Waals surface area contributed by atoms with Gasteiger partial charge >= 0.3 is 6.18 Å². The van der Waals surface area contributed by atoms with Crippen LogP contribution in [0.4, 0.5) is 13.2 Å². The van der Waals surface area contributed by atoms with Crippen LogP contribution in [0.2, 0.25) is 0 Å². The Morgan fingerprint density at radius 3 is 2.48 bits per heavy atom. The van der Waals surface area contributed by atoms with Crippen LogP contribution < -0.4 is 5.73 Å². The molecule has 0 aromatic heterocycles. The zero-order chi connectivity index (χ0) is 15.5. The summed E-state index contributed by atoms with van der Waals surface area (Å²) in [5, 5.41) is 0. The molecule has 1 aromatic rings. The molecule has 0 amide bonds. The van der Waals surface area contributed by atoms with Crippen molar-refractivity contribution in [2.24, 2.45) is 11.7 Å². The minimum absolute atomic E-state index is 0.120. The smallest absolute Gasteiger partial charge is 0.329 e. The summed E-state index contributed by atoms with van der Waals surface area (Å²) in [6, 6.07) is 5.45. The highest BCUT2D eigenvalue weighted by Gasteiger charge is 2.32. The minimum Gasteiger partial charge on any atom is -0.329 e. The molecule has 1 atom stereocenters. The van der Waals surface area contributed by atoms with Crippen LogP contribution in [0.15, 0.2) is 24.3 Å². The molecule has 1 aliphatic rings. The molecule has 2 N–H and O–H groups in total. The first-order chi connectivity index (χ1) is 9.95. The Kier molecular flexibility index (Phi) is 5.27. The van der Waals surface area contributed by atoms with E-state index < -0.39 is 11.7 Å². The van der Waals surface area contributed by atoms with Gasteiger partial charge < -0.3 is 5.73 Å². The topological polar surface area (TPSA) is 29.3 Å². The van der Waals surface area contributed by atoms with Gasteiger partial charge in [0.2, 0.25) is 0 Å². The fourth-order valence-corrected chi connectivity index (χ4v) is 3.09. The van der Waals surface area contributed by atoms with Crippen LogP contribution in [0.25, 0.3) is 0 Å². The first kappa shape index (κ1) is 16.3. The number of alkyl halides is 3. The Morgan fingerprint density at radius 2 is 1.95 bits per heavy atom. The first-order valence-corrected chi connectivity index (χ1v) is 7.57. The lowest BCUT2D eigenvalue weighted by Gasteiger charge is -2.37. The van der Waals surface area contributed by atoms with E-state index >= 15 is 0 Å². The van der Waals surface area contributed by atoms with Crippen molar-refractivity contribution >= 4 is 0 Å². The van der Waals surface area contributed by atoms with Gasteiger partial charge in [-0.15, -0.1) is 0 Å². The number of piperidine rings is 1. The van der Waals surface area contributed by atoms with E-state index in [0.29, 0.717) is 12.1 Å². The van der Waals surface area contributed by atoms with Gasteiger partial charge in [0.05, 0.1) is 5.56 Å². The summed E-state index contributed by atoms with van der Waals surface area (Å²) in [6.07, 6.45) is -0.924. The summed E-state index contributed by atoms with van der Waals surface area (Å²) in [4.78, 5) is 2.22. The third kappa shape index (κ3) is 3.98. The van der Waals surface area contributed by atoms with Gasteiger partial charge in [-0.05, 0) is 49.5 Å². The second-order valence-corrected chi connectivity index (χ2v) is 5.76. The predicted octanol–water partition coefficient (Wildman–Crippen LogP) is 3.83. The normalized spacial score (nSPS) is 19.7. The molecule has 1 aromatic carbocycles. The molecule has 2 rings (SSSR count). The Hall–Kier alpha value is -1.07. The number of benzene rings is 1. The molecule has 1 aliphatic heterocycles. The van der Waals surface area contributed by atoms with E-state index in [-0.39, 0.29) is 6.04 Å². The van der Waals surface area contributed by atoms with Gasteiger partial charge in [0.1, 0.15) is 0 Å². The summed E-state index contributed by atoms with van der Waals surface area (Å²) in [7, 11) is 0. The Labute approximate surface area is 124 Å². The van der Waals surface area contributed by atoms with Gasteiger partial charge in [0.15, 0.2) is 0 Å². The molecule has 1 unspecified atom stereocenters. The average Bonchev–Trinajstić information content (AvgIpc) is 2.48. The van der Waals surface area contributed by atoms with Crippen LogP contribution in [0.3, 0.4) is 0 Å². The van der Waals surface area contributed by atoms with Gasteiger partial charge in [0, 0.05) is 12.6 Å². The maximum atomic E-state index is 12.8. The van der Waals surface area contributed by atoms with E-state index in [1.54, 1.807) is 6.07 Å². The second-order valence-electron chi connectivity index (χ2n) is 5.76. The number of hydrogen-bond acceptors (Lipinski definition) is 2. The predicted molar refractivity (Wildman–Crippen MR) is 77.8 cm³/mol. The SMILES string of the molecule is CCC1CCN(C(CN)c2cccc(C(F)(F)F)c2)CC1. The van der Waals surface area contributed by atoms with Crippen LogP contribution in [-0.4, -0.2) is 24.5 Å². The van der Waals surface area contributed by atoms with Gasteiger partial charge in [-0.25, -0.2) is 0 Å². The van der Waals surface area contributed by atoms with Crippen LogP contribution >= 0.6 is 0 Å². The van der Waals surface area contributed by atoms with Crippen molar-refractivity contribution in [2.75, 3.05) is 19.6 Å². The quantitative estimate of drug-likeness (QED) is 0.915. The lowest BCUT2D eigenvalue weighted by Crippen LogP contribution is -2.39. The zero-order valence-electron chi connectivity index (χ0n) is 12.4. The number of halogens is 3. The maximum absolute atomic E-state index is 12.8. The summed E-state index contributed by atoms with van der Waals surface area (Å²) in [5.41, 5.74) is 5.91. The highest BCUT2D eigenvalue weighted by Crippen LogP contribution is 2.33. The van der Waals surface area contributed by atoms with Crippen molar-refractivity contribution in [3.8, 4) is 0 Å². The molecule has 0 spiro atoms. The molecule has 0 aliphatic carbocycles. The Balaban J connectivity index is 2.14. The number of likely N-dealkylation sites (tertiary alicyclic amines) is 1. The molecule has 0 bridgehead atoms. The van der Waals surface area contributed by atoms with E-state index in [1.165, 1.54) is 18.6 Å². The number of rotatable bonds is 4. The molecule has 0 radical (unpaired) electrons. The highest BCUT2D eigenvalue weighted by atomic mass is 19.4. The summed E-state index contributed by atoms with van der Waals surface area (Å²) < 4.78 is 38.5. The molecule has 21 heavy (non-hydrogen) atoms. The number of nitrogens with two attached hydrogens (primary N) is 1. The molecule has 1 heterocycles. The van der Waals surface area contributed by atoms with Gasteiger partial charge in [-0.3, -0.25) is 4.90 Å². The molecular formula is C16H23F3N2. The molecule has 5 heteroatoms. The molecule has 1 saturated heterocycles. The van der Waals surface area contributed by atoms with E-state index in [1.807, 2.05) is 0 Å². The van der Waals surface area contributed by atoms with Crippen LogP contribution in [-0.2, 0) is 6.18 Å². The van der Waals surface area contributed by atoms with Gasteiger partial charge in [-0.2, -0.15) is 13.2 Å². The Morgan fingerprint density at radius 1 is 1.29 bits per heavy atom. The van der Waals surface area contributed by atoms with E-state index in [0.717, 1.165) is 37.9 Å². The standard InChI is InChI=1S/C16H23F3N2/c1-2-12-6-8-21(9-7-12)15(11-20)13-4-3-5-14(10-13)16(17,18)19/h3-5,10,12,15H,2,6-9,11,20H2,1H3. The van der Waals surface area contributed by atoms with Crippen molar-refractivity contribution in [3.63, 3.8) is 0 Å². The van der Waals surface area contributed by atoms with Gasteiger partial charge in [-0.1, -0.05) is 25.5 Å². The lowest BCUT2D eigenvalue weighted by atomic mass is 9.92. The van der Waals surface area contributed by atoms with Crippen LogP contribution in [0, 0.1) is 5.92 Å². The van der Waals surface area contributed by atoms with Crippen LogP contribution in [0.5, 0.6) is 0 Å². The second kappa shape index (κ2) is 6.79. The summed E-state index contributed by atoms with van der Waals surface area (Å²) >= 11 is 0. The largest absolute Gasteiger partial charge is 0.416 e. The third-order valence-corrected chi connectivity index (χ3v) is 4.49. The summed E-state index contributed by atoms with van der Waals surface area (Å²) in [6.45, 7) is 4.36. The van der Waals surface area contributed by atoms with E-state index in [4.69, 9.17) is 5.73 Å². The molecule has 2 nitrogen and oxygen atoms in total. The molecule has 0 saturated carbocycles. The lowest BCUT2D eigenvalue weighted by molar-refractivity contribution is -0.137. The van der Waals surface area contributed by atoms with Crippen molar-refractivity contribution in [2.45, 2.75) is 38.4 Å². The first-order valence-electron chi connectivity index (χ1n) is 7.57. The zero-order valence-corrected chi connectivity index (χ0v) is 12.4. The Bertz CT molecular complexity index is 451. The van der Waals surface area contributed by atoms with Crippen molar-refractivity contribution in [1.29, 1.82) is 0 Å². The van der Waals surface area contributed by atoms with E-state index in [9.17, 15) is 13.2 Å². The van der Waals surface area contributed by atoms with Gasteiger partial charge in [0.25, 0.3) is 0 Å². The monoisotopic (exact) mass is 300 g/mol. The fourth-order valence-electron chi connectivity index (χ4n) is 3.09. The summed E-state index contributed by atoms with van der Waals surface area (Å²) in [5.74, 6) is 0.737. The molecular weight excluding hydrogens is 277 g/mol. The van der Waals surface area contributed by atoms with Crippen LogP contribution in [0.1, 0.15) is 43.4 Å². The number of hydrogen-bond donors (Lipinski definition) is 1. The number of nitrogens with zero attached hydrogens (tertiary/aromatic N) is 1. The minimum atomic E-state index is -4.30. The van der Waals surface area contributed by atoms with Crippen molar-refractivity contribution < 1.29 is 13.2 Å². The van der Waals surface area contributed by atoms with E-state index in [2.05, 4.69) is 11.8 Å². The highest BCUT2D eigenvalue weighted by molar-refractivity contribution is 5.28. The fraction of sp³-hybridized carbons (Fsp3) is 0.625. The average molecular weight is 300 g/mol. The molecule has 118 valence electrons. The van der Waals surface area contributed by atoms with Crippen molar-refractivity contribution in [3.05, 3.63) is 35.4 Å².